The normalized spacial score (nSPS) is 13.7. The molecule has 8 heteroatoms. The maximum Gasteiger partial charge on any atom is 0.416 e. The number of benzene rings is 2. The Morgan fingerprint density at radius 2 is 1.79 bits per heavy atom. The molecule has 0 saturated carbocycles. The van der Waals surface area contributed by atoms with Gasteiger partial charge < -0.3 is 0 Å². The average Bonchev–Trinajstić information content (AvgIpc) is 2.45. The van der Waals surface area contributed by atoms with Gasteiger partial charge >= 0.3 is 6.18 Å². The Kier molecular flexibility index (Phi) is 5.72. The largest absolute Gasteiger partial charge is 0.416 e. The fraction of sp³-hybridized carbons (Fsp3) is 0.250. The van der Waals surface area contributed by atoms with Crippen LogP contribution in [0.15, 0.2) is 53.0 Å². The zero-order chi connectivity index (χ0) is 18.0. The number of hydrogen-bond donors (Lipinski definition) is 1. The average molecular weight is 422 g/mol. The summed E-state index contributed by atoms with van der Waals surface area (Å²) in [6.07, 6.45) is -4.50. The van der Waals surface area contributed by atoms with Gasteiger partial charge in [-0.3, -0.25) is 0 Å². The first-order valence-corrected chi connectivity index (χ1v) is 9.43. The van der Waals surface area contributed by atoms with E-state index < -0.39 is 33.6 Å². The highest BCUT2D eigenvalue weighted by atomic mass is 79.9. The molecule has 0 spiro atoms. The van der Waals surface area contributed by atoms with Gasteiger partial charge in [-0.1, -0.05) is 46.3 Å². The molecule has 0 aromatic heterocycles. The van der Waals surface area contributed by atoms with Gasteiger partial charge in [0.1, 0.15) is 0 Å². The Morgan fingerprint density at radius 3 is 2.42 bits per heavy atom. The molecule has 0 radical (unpaired) electrons. The first kappa shape index (κ1) is 19.0. The van der Waals surface area contributed by atoms with E-state index in [1.54, 1.807) is 25.1 Å². The maximum atomic E-state index is 12.7. The fourth-order valence-corrected chi connectivity index (χ4v) is 4.01. The van der Waals surface area contributed by atoms with Gasteiger partial charge in [-0.2, -0.15) is 13.2 Å². The van der Waals surface area contributed by atoms with Crippen LogP contribution in [0.4, 0.5) is 13.2 Å². The van der Waals surface area contributed by atoms with E-state index in [1.165, 1.54) is 12.1 Å². The zero-order valence-corrected chi connectivity index (χ0v) is 15.0. The summed E-state index contributed by atoms with van der Waals surface area (Å²) in [5.74, 6) is -0.519. The van der Waals surface area contributed by atoms with Crippen molar-refractivity contribution >= 4 is 26.0 Å². The topological polar surface area (TPSA) is 46.2 Å². The van der Waals surface area contributed by atoms with E-state index >= 15 is 0 Å². The molecule has 1 N–H and O–H groups in total. The van der Waals surface area contributed by atoms with Crippen LogP contribution in [-0.2, 0) is 22.0 Å². The van der Waals surface area contributed by atoms with Gasteiger partial charge in [0, 0.05) is 10.5 Å². The summed E-state index contributed by atoms with van der Waals surface area (Å²) < 4.78 is 65.8. The maximum absolute atomic E-state index is 12.7. The van der Waals surface area contributed by atoms with Crippen molar-refractivity contribution in [3.8, 4) is 0 Å². The van der Waals surface area contributed by atoms with E-state index in [0.29, 0.717) is 0 Å². The molecule has 0 aliphatic heterocycles. The quantitative estimate of drug-likeness (QED) is 0.763. The third-order valence-electron chi connectivity index (χ3n) is 3.32. The summed E-state index contributed by atoms with van der Waals surface area (Å²) in [5.41, 5.74) is -0.0361. The fourth-order valence-electron chi connectivity index (χ4n) is 2.21. The van der Waals surface area contributed by atoms with Gasteiger partial charge in [0.25, 0.3) is 0 Å². The van der Waals surface area contributed by atoms with Gasteiger partial charge in [-0.15, -0.1) is 0 Å². The second-order valence-corrected chi connectivity index (χ2v) is 8.02. The van der Waals surface area contributed by atoms with E-state index in [2.05, 4.69) is 20.7 Å². The van der Waals surface area contributed by atoms with Crippen LogP contribution < -0.4 is 4.72 Å². The minimum atomic E-state index is -4.50. The smallest absolute Gasteiger partial charge is 0.212 e. The van der Waals surface area contributed by atoms with Crippen molar-refractivity contribution in [3.63, 3.8) is 0 Å². The summed E-state index contributed by atoms with van der Waals surface area (Å²) in [6.45, 7) is 1.67. The third-order valence-corrected chi connectivity index (χ3v) is 5.24. The Morgan fingerprint density at radius 1 is 1.12 bits per heavy atom. The van der Waals surface area contributed by atoms with Crippen LogP contribution in [0.1, 0.15) is 29.7 Å². The monoisotopic (exact) mass is 421 g/mol. The number of rotatable bonds is 5. The number of alkyl halides is 3. The van der Waals surface area contributed by atoms with Crippen LogP contribution in [0, 0.1) is 0 Å². The molecule has 0 bridgehead atoms. The van der Waals surface area contributed by atoms with E-state index in [4.69, 9.17) is 0 Å². The summed E-state index contributed by atoms with van der Waals surface area (Å²) in [4.78, 5) is 0. The second kappa shape index (κ2) is 7.25. The van der Waals surface area contributed by atoms with Crippen molar-refractivity contribution in [2.45, 2.75) is 24.9 Å². The first-order valence-electron chi connectivity index (χ1n) is 6.98. The molecule has 0 heterocycles. The Balaban J connectivity index is 2.14. The SMILES string of the molecule is CC(NS(=O)(=O)Cc1cccc(C(F)(F)F)c1)c1cccc(Br)c1. The lowest BCUT2D eigenvalue weighted by Gasteiger charge is -2.15. The van der Waals surface area contributed by atoms with Crippen molar-refractivity contribution in [2.75, 3.05) is 0 Å². The second-order valence-electron chi connectivity index (χ2n) is 5.35. The predicted molar refractivity (Wildman–Crippen MR) is 89.8 cm³/mol. The Hall–Kier alpha value is -1.38. The molecule has 0 saturated heterocycles. The van der Waals surface area contributed by atoms with Crippen molar-refractivity contribution in [2.24, 2.45) is 0 Å². The lowest BCUT2D eigenvalue weighted by Crippen LogP contribution is -2.28. The van der Waals surface area contributed by atoms with Crippen LogP contribution >= 0.6 is 15.9 Å². The molecule has 0 amide bonds. The minimum absolute atomic E-state index is 0.0822. The summed E-state index contributed by atoms with van der Waals surface area (Å²) in [6, 6.07) is 10.9. The summed E-state index contributed by atoms with van der Waals surface area (Å²) >= 11 is 3.31. The molecular formula is C16H15BrF3NO2S. The molecule has 1 atom stereocenters. The van der Waals surface area contributed by atoms with Crippen molar-refractivity contribution in [1.29, 1.82) is 0 Å². The van der Waals surface area contributed by atoms with Crippen molar-refractivity contribution in [1.82, 2.24) is 4.72 Å². The molecule has 2 aromatic rings. The molecule has 0 fully saturated rings. The third kappa shape index (κ3) is 5.32. The van der Waals surface area contributed by atoms with Gasteiger partial charge in [0.2, 0.25) is 10.0 Å². The highest BCUT2D eigenvalue weighted by molar-refractivity contribution is 9.10. The van der Waals surface area contributed by atoms with Crippen LogP contribution in [0.25, 0.3) is 0 Å². The first-order chi connectivity index (χ1) is 11.1. The summed E-state index contributed by atoms with van der Waals surface area (Å²) in [7, 11) is -3.79. The molecule has 2 rings (SSSR count). The number of sulfonamides is 1. The van der Waals surface area contributed by atoms with E-state index in [0.717, 1.165) is 22.2 Å². The molecule has 0 aliphatic carbocycles. The van der Waals surface area contributed by atoms with Crippen molar-refractivity contribution in [3.05, 3.63) is 69.7 Å². The van der Waals surface area contributed by atoms with E-state index in [1.807, 2.05) is 6.07 Å². The molecule has 24 heavy (non-hydrogen) atoms. The lowest BCUT2D eigenvalue weighted by molar-refractivity contribution is -0.137. The van der Waals surface area contributed by atoms with Gasteiger partial charge in [0.05, 0.1) is 11.3 Å². The van der Waals surface area contributed by atoms with Crippen LogP contribution in [0.5, 0.6) is 0 Å². The lowest BCUT2D eigenvalue weighted by atomic mass is 10.1. The van der Waals surface area contributed by atoms with E-state index in [9.17, 15) is 21.6 Å². The van der Waals surface area contributed by atoms with Gasteiger partial charge in [0.15, 0.2) is 0 Å². The molecule has 130 valence electrons. The predicted octanol–water partition coefficient (Wildman–Crippen LogP) is 4.65. The van der Waals surface area contributed by atoms with Gasteiger partial charge in [-0.05, 0) is 36.2 Å². The highest BCUT2D eigenvalue weighted by Crippen LogP contribution is 2.30. The molecule has 1 unspecified atom stereocenters. The zero-order valence-electron chi connectivity index (χ0n) is 12.6. The standard InChI is InChI=1S/C16H15BrF3NO2S/c1-11(13-5-3-7-15(17)9-13)21-24(22,23)10-12-4-2-6-14(8-12)16(18,19)20/h2-9,11,21H,10H2,1H3. The number of halogens is 4. The molecular weight excluding hydrogens is 407 g/mol. The molecule has 3 nitrogen and oxygen atoms in total. The summed E-state index contributed by atoms with van der Waals surface area (Å²) in [5, 5.41) is 0. The van der Waals surface area contributed by atoms with Crippen LogP contribution in [0.2, 0.25) is 0 Å². The van der Waals surface area contributed by atoms with Crippen molar-refractivity contribution < 1.29 is 21.6 Å². The highest BCUT2D eigenvalue weighted by Gasteiger charge is 2.30. The Bertz CT molecular complexity index is 822. The van der Waals surface area contributed by atoms with Crippen LogP contribution in [0.3, 0.4) is 0 Å². The van der Waals surface area contributed by atoms with E-state index in [-0.39, 0.29) is 5.56 Å². The number of hydrogen-bond acceptors (Lipinski definition) is 2. The van der Waals surface area contributed by atoms with Crippen LogP contribution in [-0.4, -0.2) is 8.42 Å². The molecule has 0 aliphatic rings. The minimum Gasteiger partial charge on any atom is -0.212 e. The number of nitrogens with one attached hydrogen (secondary N) is 1. The Labute approximate surface area is 147 Å². The van der Waals surface area contributed by atoms with Gasteiger partial charge in [-0.25, -0.2) is 13.1 Å². The molecule has 2 aromatic carbocycles.